The number of hydrogen-bond acceptors (Lipinski definition) is 5. The summed E-state index contributed by atoms with van der Waals surface area (Å²) >= 11 is 0. The minimum absolute atomic E-state index is 0.0479. The molecule has 0 radical (unpaired) electrons. The fourth-order valence-corrected chi connectivity index (χ4v) is 6.67. The van der Waals surface area contributed by atoms with Gasteiger partial charge in [0.2, 0.25) is 0 Å². The van der Waals surface area contributed by atoms with Crippen LogP contribution < -0.4 is 5.32 Å². The maximum absolute atomic E-state index is 13.3. The number of nitrogens with one attached hydrogen (secondary N) is 1. The van der Waals surface area contributed by atoms with Crippen molar-refractivity contribution in [2.45, 2.75) is 75.5 Å². The van der Waals surface area contributed by atoms with Crippen molar-refractivity contribution in [3.05, 3.63) is 71.8 Å². The van der Waals surface area contributed by atoms with Gasteiger partial charge < -0.3 is 15.0 Å². The Balaban J connectivity index is 1.28. The van der Waals surface area contributed by atoms with E-state index >= 15 is 0 Å². The van der Waals surface area contributed by atoms with Gasteiger partial charge in [-0.25, -0.2) is 0 Å². The Labute approximate surface area is 210 Å². The molecule has 3 saturated heterocycles. The Hall–Kier alpha value is -2.21. The van der Waals surface area contributed by atoms with Gasteiger partial charge in [-0.2, -0.15) is 0 Å². The average Bonchev–Trinajstić information content (AvgIpc) is 3.24. The summed E-state index contributed by atoms with van der Waals surface area (Å²) in [6, 6.07) is 22.5. The molecule has 3 aliphatic heterocycles. The lowest BCUT2D eigenvalue weighted by Crippen LogP contribution is -2.52. The van der Waals surface area contributed by atoms with E-state index in [1.165, 1.54) is 36.8 Å². The molecule has 5 heteroatoms. The lowest BCUT2D eigenvalue weighted by atomic mass is 9.84. The topological polar surface area (TPSA) is 44.8 Å². The van der Waals surface area contributed by atoms with Gasteiger partial charge >= 0.3 is 5.97 Å². The summed E-state index contributed by atoms with van der Waals surface area (Å²) in [5.41, 5.74) is 2.68. The highest BCUT2D eigenvalue weighted by atomic mass is 16.5. The first-order chi connectivity index (χ1) is 17.2. The van der Waals surface area contributed by atoms with Crippen LogP contribution in [0.5, 0.6) is 0 Å². The summed E-state index contributed by atoms with van der Waals surface area (Å²) in [6.07, 6.45) is 7.03. The Kier molecular flexibility index (Phi) is 8.17. The number of piperidine rings is 2. The summed E-state index contributed by atoms with van der Waals surface area (Å²) in [7, 11) is 0. The monoisotopic (exact) mass is 475 g/mol. The van der Waals surface area contributed by atoms with Crippen LogP contribution in [-0.2, 0) is 16.0 Å². The van der Waals surface area contributed by atoms with E-state index in [1.807, 2.05) is 6.92 Å². The molecule has 35 heavy (non-hydrogen) atoms. The number of carbonyl (C=O) groups is 1. The molecule has 0 unspecified atom stereocenters. The van der Waals surface area contributed by atoms with Crippen LogP contribution in [-0.4, -0.2) is 72.7 Å². The number of hydrogen-bond donors (Lipinski definition) is 1. The summed E-state index contributed by atoms with van der Waals surface area (Å²) in [5.74, 6) is 0.0859. The molecule has 1 N–H and O–H groups in total. The van der Waals surface area contributed by atoms with Gasteiger partial charge in [-0.1, -0.05) is 67.1 Å². The van der Waals surface area contributed by atoms with Crippen LogP contribution in [0, 0.1) is 0 Å². The number of likely N-dealkylation sites (tertiary alicyclic amines) is 1. The van der Waals surface area contributed by atoms with Crippen LogP contribution in [0.1, 0.15) is 56.1 Å². The second-order valence-electron chi connectivity index (χ2n) is 10.5. The number of carbonyl (C=O) groups excluding carboxylic acids is 1. The molecule has 3 aliphatic rings. The maximum Gasteiger partial charge on any atom is 0.324 e. The molecule has 3 fully saturated rings. The summed E-state index contributed by atoms with van der Waals surface area (Å²) < 4.78 is 5.63. The highest BCUT2D eigenvalue weighted by Gasteiger charge is 2.53. The molecule has 5 rings (SSSR count). The third-order valence-corrected chi connectivity index (χ3v) is 8.38. The second kappa shape index (κ2) is 11.7. The molecular formula is C30H41N3O2. The van der Waals surface area contributed by atoms with Crippen LogP contribution in [0.15, 0.2) is 60.7 Å². The zero-order chi connectivity index (χ0) is 24.0. The number of esters is 1. The van der Waals surface area contributed by atoms with Crippen molar-refractivity contribution in [3.63, 3.8) is 0 Å². The van der Waals surface area contributed by atoms with Gasteiger partial charge in [0.05, 0.1) is 6.61 Å². The van der Waals surface area contributed by atoms with E-state index in [0.29, 0.717) is 18.7 Å². The smallest absolute Gasteiger partial charge is 0.324 e. The number of nitrogens with zero attached hydrogens (tertiary/aromatic N) is 2. The number of benzene rings is 2. The van der Waals surface area contributed by atoms with Crippen LogP contribution in [0.3, 0.4) is 0 Å². The highest BCUT2D eigenvalue weighted by molar-refractivity contribution is 5.78. The number of rotatable bonds is 8. The van der Waals surface area contributed by atoms with E-state index in [-0.39, 0.29) is 24.0 Å². The zero-order valence-electron chi connectivity index (χ0n) is 21.1. The van der Waals surface area contributed by atoms with Gasteiger partial charge in [-0.3, -0.25) is 9.69 Å². The second-order valence-corrected chi connectivity index (χ2v) is 10.5. The normalized spacial score (nSPS) is 28.0. The van der Waals surface area contributed by atoms with Crippen molar-refractivity contribution in [2.24, 2.45) is 0 Å². The fourth-order valence-electron chi connectivity index (χ4n) is 6.67. The molecule has 0 saturated carbocycles. The van der Waals surface area contributed by atoms with E-state index in [4.69, 9.17) is 4.74 Å². The first-order valence-corrected chi connectivity index (χ1v) is 13.7. The summed E-state index contributed by atoms with van der Waals surface area (Å²) in [5, 5.41) is 4.11. The van der Waals surface area contributed by atoms with Crippen molar-refractivity contribution in [3.8, 4) is 0 Å². The van der Waals surface area contributed by atoms with Crippen LogP contribution in [0.2, 0.25) is 0 Å². The Morgan fingerprint density at radius 1 is 0.943 bits per heavy atom. The van der Waals surface area contributed by atoms with Crippen molar-refractivity contribution in [1.29, 1.82) is 0 Å². The van der Waals surface area contributed by atoms with E-state index in [2.05, 4.69) is 75.8 Å². The van der Waals surface area contributed by atoms with E-state index in [0.717, 1.165) is 39.0 Å². The molecule has 3 heterocycles. The van der Waals surface area contributed by atoms with Gasteiger partial charge in [-0.05, 0) is 69.8 Å². The number of fused-ring (bicyclic) bond motifs is 1. The first-order valence-electron chi connectivity index (χ1n) is 13.7. The van der Waals surface area contributed by atoms with Crippen molar-refractivity contribution >= 4 is 5.97 Å². The molecule has 5 nitrogen and oxygen atoms in total. The Bertz CT molecular complexity index is 929. The van der Waals surface area contributed by atoms with E-state index in [1.54, 1.807) is 0 Å². The van der Waals surface area contributed by atoms with Crippen LogP contribution in [0.4, 0.5) is 0 Å². The minimum Gasteiger partial charge on any atom is -0.465 e. The Morgan fingerprint density at radius 3 is 2.37 bits per heavy atom. The molecule has 0 aliphatic carbocycles. The molecule has 2 aromatic rings. The van der Waals surface area contributed by atoms with E-state index < -0.39 is 0 Å². The molecule has 188 valence electrons. The van der Waals surface area contributed by atoms with Crippen molar-refractivity contribution in [1.82, 2.24) is 15.1 Å². The SMILES string of the molecule is CCOC(=O)[C@@H]1[C@H](c2ccccc2)[C@@H](NC2CCN(CCc3ccccc3)CC2)[C@H]2CCCCN21. The van der Waals surface area contributed by atoms with Crippen molar-refractivity contribution in [2.75, 3.05) is 32.8 Å². The predicted molar refractivity (Wildman–Crippen MR) is 140 cm³/mol. The van der Waals surface area contributed by atoms with E-state index in [9.17, 15) is 4.79 Å². The van der Waals surface area contributed by atoms with Gasteiger partial charge in [0.25, 0.3) is 0 Å². The predicted octanol–water partition coefficient (Wildman–Crippen LogP) is 4.24. The third-order valence-electron chi connectivity index (χ3n) is 8.38. The standard InChI is InChI=1S/C30H41N3O2/c1-2-35-30(34)29-27(24-13-7-4-8-14-24)28(26-15-9-10-19-33(26)29)31-25-17-21-32(22-18-25)20-16-23-11-5-3-6-12-23/h3-8,11-14,25-29,31H,2,9-10,15-22H2,1H3/t26-,27-,28+,29+/m1/s1. The molecule has 0 amide bonds. The molecule has 2 aromatic carbocycles. The molecule has 0 bridgehead atoms. The lowest BCUT2D eigenvalue weighted by Gasteiger charge is -2.38. The maximum atomic E-state index is 13.3. The quantitative estimate of drug-likeness (QED) is 0.579. The molecular weight excluding hydrogens is 434 g/mol. The highest BCUT2D eigenvalue weighted by Crippen LogP contribution is 2.42. The van der Waals surface area contributed by atoms with Crippen molar-refractivity contribution < 1.29 is 9.53 Å². The van der Waals surface area contributed by atoms with Crippen LogP contribution in [0.25, 0.3) is 0 Å². The van der Waals surface area contributed by atoms with Gasteiger partial charge in [0.15, 0.2) is 0 Å². The first kappa shape index (κ1) is 24.5. The Morgan fingerprint density at radius 2 is 1.66 bits per heavy atom. The number of ether oxygens (including phenoxy) is 1. The fraction of sp³-hybridized carbons (Fsp3) is 0.567. The summed E-state index contributed by atoms with van der Waals surface area (Å²) in [6.45, 7) is 6.77. The lowest BCUT2D eigenvalue weighted by molar-refractivity contribution is -0.149. The van der Waals surface area contributed by atoms with Crippen LogP contribution >= 0.6 is 0 Å². The molecule has 4 atom stereocenters. The molecule has 0 spiro atoms. The minimum atomic E-state index is -0.189. The van der Waals surface area contributed by atoms with Gasteiger partial charge in [0, 0.05) is 30.6 Å². The largest absolute Gasteiger partial charge is 0.465 e. The average molecular weight is 476 g/mol. The summed E-state index contributed by atoms with van der Waals surface area (Å²) in [4.78, 5) is 18.3. The van der Waals surface area contributed by atoms with Gasteiger partial charge in [0.1, 0.15) is 6.04 Å². The third kappa shape index (κ3) is 5.63. The molecule has 0 aromatic heterocycles. The zero-order valence-corrected chi connectivity index (χ0v) is 21.1. The van der Waals surface area contributed by atoms with Gasteiger partial charge in [-0.15, -0.1) is 0 Å².